The Bertz CT molecular complexity index is 471. The summed E-state index contributed by atoms with van der Waals surface area (Å²) in [7, 11) is 0. The number of halogens is 1. The quantitative estimate of drug-likeness (QED) is 0.606. The zero-order valence-corrected chi connectivity index (χ0v) is 9.24. The Morgan fingerprint density at radius 3 is 2.93 bits per heavy atom. The summed E-state index contributed by atoms with van der Waals surface area (Å²) in [6.45, 7) is 1.81. The van der Waals surface area contributed by atoms with E-state index in [1.54, 1.807) is 12.3 Å². The van der Waals surface area contributed by atoms with E-state index in [0.29, 0.717) is 5.56 Å². The summed E-state index contributed by atoms with van der Waals surface area (Å²) >= 11 is 3.25. The van der Waals surface area contributed by atoms with Gasteiger partial charge in [0.2, 0.25) is 0 Å². The molecule has 0 aliphatic heterocycles. The normalized spacial score (nSPS) is 13.0. The first-order valence-corrected chi connectivity index (χ1v) is 5.25. The van der Waals surface area contributed by atoms with E-state index in [2.05, 4.69) is 15.9 Å². The van der Waals surface area contributed by atoms with Crippen LogP contribution in [-0.4, -0.2) is 10.6 Å². The van der Waals surface area contributed by atoms with Crippen LogP contribution in [0.25, 0.3) is 11.0 Å². The molecule has 0 bridgehead atoms. The van der Waals surface area contributed by atoms with E-state index in [9.17, 15) is 4.79 Å². The van der Waals surface area contributed by atoms with Crippen molar-refractivity contribution < 1.29 is 9.21 Å². The number of carbonyl (C=O) groups is 1. The van der Waals surface area contributed by atoms with Crippen molar-refractivity contribution in [2.45, 2.75) is 11.8 Å². The highest BCUT2D eigenvalue weighted by atomic mass is 79.9. The third-order valence-electron chi connectivity index (χ3n) is 2.10. The Morgan fingerprint density at radius 1 is 1.43 bits per heavy atom. The first-order chi connectivity index (χ1) is 6.68. The Hall–Kier alpha value is -1.09. The van der Waals surface area contributed by atoms with Gasteiger partial charge in [-0.3, -0.25) is 4.79 Å². The predicted molar refractivity (Wildman–Crippen MR) is 58.9 cm³/mol. The molecule has 0 saturated heterocycles. The number of benzene rings is 1. The van der Waals surface area contributed by atoms with Crippen molar-refractivity contribution >= 4 is 32.7 Å². The minimum absolute atomic E-state index is 0.0725. The van der Waals surface area contributed by atoms with E-state index >= 15 is 0 Å². The van der Waals surface area contributed by atoms with Crippen LogP contribution in [0, 0.1) is 0 Å². The van der Waals surface area contributed by atoms with Crippen molar-refractivity contribution in [2.24, 2.45) is 0 Å². The van der Waals surface area contributed by atoms with Gasteiger partial charge in [-0.25, -0.2) is 0 Å². The molecule has 0 aliphatic rings. The molecule has 2 nitrogen and oxygen atoms in total. The van der Waals surface area contributed by atoms with Crippen LogP contribution in [-0.2, 0) is 0 Å². The molecule has 1 aromatic carbocycles. The molecule has 1 unspecified atom stereocenters. The van der Waals surface area contributed by atoms with Gasteiger partial charge in [-0.05, 0) is 19.1 Å². The molecule has 0 N–H and O–H groups in total. The molecule has 72 valence electrons. The van der Waals surface area contributed by atoms with Gasteiger partial charge in [0.15, 0.2) is 5.78 Å². The van der Waals surface area contributed by atoms with Gasteiger partial charge in [0.1, 0.15) is 5.58 Å². The fourth-order valence-electron chi connectivity index (χ4n) is 1.34. The first kappa shape index (κ1) is 9.46. The lowest BCUT2D eigenvalue weighted by molar-refractivity contribution is 0.0996. The van der Waals surface area contributed by atoms with Crippen molar-refractivity contribution in [3.05, 3.63) is 36.1 Å². The monoisotopic (exact) mass is 252 g/mol. The Kier molecular flexibility index (Phi) is 2.42. The Labute approximate surface area is 90.0 Å². The number of furan rings is 1. The van der Waals surface area contributed by atoms with Gasteiger partial charge in [-0.15, -0.1) is 0 Å². The van der Waals surface area contributed by atoms with E-state index < -0.39 is 0 Å². The average molecular weight is 253 g/mol. The van der Waals surface area contributed by atoms with Gasteiger partial charge in [-0.1, -0.05) is 28.1 Å². The summed E-state index contributed by atoms with van der Waals surface area (Å²) in [5.74, 6) is 0.0725. The lowest BCUT2D eigenvalue weighted by Gasteiger charge is -2.01. The van der Waals surface area contributed by atoms with Crippen molar-refractivity contribution in [3.63, 3.8) is 0 Å². The summed E-state index contributed by atoms with van der Waals surface area (Å²) < 4.78 is 5.22. The summed E-state index contributed by atoms with van der Waals surface area (Å²) in [4.78, 5) is 11.5. The molecule has 1 aromatic heterocycles. The molecular formula is C11H9BrO2. The van der Waals surface area contributed by atoms with E-state index in [-0.39, 0.29) is 10.6 Å². The van der Waals surface area contributed by atoms with E-state index in [1.165, 1.54) is 0 Å². The van der Waals surface area contributed by atoms with Gasteiger partial charge in [0, 0.05) is 10.9 Å². The minimum Gasteiger partial charge on any atom is -0.464 e. The molecule has 2 rings (SSSR count). The molecule has 0 radical (unpaired) electrons. The average Bonchev–Trinajstić information content (AvgIpc) is 2.62. The molecule has 3 heteroatoms. The second kappa shape index (κ2) is 3.58. The number of alkyl halides is 1. The van der Waals surface area contributed by atoms with Gasteiger partial charge in [-0.2, -0.15) is 0 Å². The Morgan fingerprint density at radius 2 is 2.21 bits per heavy atom. The van der Waals surface area contributed by atoms with Crippen molar-refractivity contribution in [2.75, 3.05) is 0 Å². The molecule has 1 heterocycles. The van der Waals surface area contributed by atoms with Crippen LogP contribution in [0.1, 0.15) is 17.3 Å². The van der Waals surface area contributed by atoms with E-state index in [1.807, 2.05) is 25.1 Å². The summed E-state index contributed by atoms with van der Waals surface area (Å²) in [6.07, 6.45) is 1.62. The predicted octanol–water partition coefficient (Wildman–Crippen LogP) is 3.40. The number of fused-ring (bicyclic) bond motifs is 1. The molecule has 0 fully saturated rings. The minimum atomic E-state index is -0.157. The van der Waals surface area contributed by atoms with Crippen LogP contribution in [0.5, 0.6) is 0 Å². The van der Waals surface area contributed by atoms with Gasteiger partial charge < -0.3 is 4.42 Å². The van der Waals surface area contributed by atoms with Crippen molar-refractivity contribution in [1.82, 2.24) is 0 Å². The topological polar surface area (TPSA) is 30.2 Å². The van der Waals surface area contributed by atoms with Crippen LogP contribution in [0.3, 0.4) is 0 Å². The second-order valence-electron chi connectivity index (χ2n) is 3.15. The lowest BCUT2D eigenvalue weighted by atomic mass is 10.1. The SMILES string of the molecule is CC(Br)C(=O)c1ccc2ccoc2c1. The molecule has 0 saturated carbocycles. The third kappa shape index (κ3) is 1.60. The lowest BCUT2D eigenvalue weighted by Crippen LogP contribution is -2.09. The first-order valence-electron chi connectivity index (χ1n) is 4.34. The maximum Gasteiger partial charge on any atom is 0.176 e. The Balaban J connectivity index is 2.48. The number of rotatable bonds is 2. The molecule has 2 aromatic rings. The highest BCUT2D eigenvalue weighted by Crippen LogP contribution is 2.19. The summed E-state index contributed by atoms with van der Waals surface area (Å²) in [5, 5.41) is 1.02. The van der Waals surface area contributed by atoms with Crippen LogP contribution < -0.4 is 0 Å². The van der Waals surface area contributed by atoms with Gasteiger partial charge in [0.05, 0.1) is 11.1 Å². The highest BCUT2D eigenvalue weighted by molar-refractivity contribution is 9.10. The molecule has 0 amide bonds. The van der Waals surface area contributed by atoms with Crippen LogP contribution in [0.2, 0.25) is 0 Å². The molecule has 0 aliphatic carbocycles. The van der Waals surface area contributed by atoms with Crippen LogP contribution in [0.15, 0.2) is 34.9 Å². The van der Waals surface area contributed by atoms with Gasteiger partial charge >= 0.3 is 0 Å². The smallest absolute Gasteiger partial charge is 0.176 e. The van der Waals surface area contributed by atoms with E-state index in [0.717, 1.165) is 11.0 Å². The number of hydrogen-bond acceptors (Lipinski definition) is 2. The zero-order chi connectivity index (χ0) is 10.1. The zero-order valence-electron chi connectivity index (χ0n) is 7.66. The molecule has 0 spiro atoms. The number of carbonyl (C=O) groups excluding carboxylic acids is 1. The molecule has 1 atom stereocenters. The number of Topliss-reactive ketones (excluding diaryl/α,β-unsaturated/α-hetero) is 1. The molecule has 14 heavy (non-hydrogen) atoms. The highest BCUT2D eigenvalue weighted by Gasteiger charge is 2.12. The van der Waals surface area contributed by atoms with Gasteiger partial charge in [0.25, 0.3) is 0 Å². The number of hydrogen-bond donors (Lipinski definition) is 0. The fraction of sp³-hybridized carbons (Fsp3) is 0.182. The van der Waals surface area contributed by atoms with E-state index in [4.69, 9.17) is 4.42 Å². The standard InChI is InChI=1S/C11H9BrO2/c1-7(12)11(13)9-3-2-8-4-5-14-10(8)6-9/h2-7H,1H3. The largest absolute Gasteiger partial charge is 0.464 e. The summed E-state index contributed by atoms with van der Waals surface area (Å²) in [6, 6.07) is 7.36. The number of ketones is 1. The fourth-order valence-corrected chi connectivity index (χ4v) is 1.60. The maximum atomic E-state index is 11.6. The maximum absolute atomic E-state index is 11.6. The van der Waals surface area contributed by atoms with Crippen LogP contribution in [0.4, 0.5) is 0 Å². The summed E-state index contributed by atoms with van der Waals surface area (Å²) in [5.41, 5.74) is 1.43. The third-order valence-corrected chi connectivity index (χ3v) is 2.52. The van der Waals surface area contributed by atoms with Crippen molar-refractivity contribution in [1.29, 1.82) is 0 Å². The van der Waals surface area contributed by atoms with Crippen LogP contribution >= 0.6 is 15.9 Å². The van der Waals surface area contributed by atoms with Crippen molar-refractivity contribution in [3.8, 4) is 0 Å². The second-order valence-corrected chi connectivity index (χ2v) is 4.53. The molecular weight excluding hydrogens is 244 g/mol.